The lowest BCUT2D eigenvalue weighted by atomic mass is 9.85. The van der Waals surface area contributed by atoms with Crippen LogP contribution in [-0.2, 0) is 10.0 Å². The summed E-state index contributed by atoms with van der Waals surface area (Å²) in [6, 6.07) is 2.91. The highest BCUT2D eigenvalue weighted by molar-refractivity contribution is 7.89. The Hall–Kier alpha value is -0.820. The number of aliphatic hydroxyl groups is 1. The molecule has 112 valence electrons. The van der Waals surface area contributed by atoms with Gasteiger partial charge in [0.15, 0.2) is 0 Å². The quantitative estimate of drug-likeness (QED) is 0.830. The van der Waals surface area contributed by atoms with Gasteiger partial charge in [-0.25, -0.2) is 8.42 Å². The second kappa shape index (κ2) is 4.87. The van der Waals surface area contributed by atoms with Gasteiger partial charge < -0.3 is 10.8 Å². The van der Waals surface area contributed by atoms with Crippen molar-refractivity contribution >= 4 is 27.3 Å². The summed E-state index contributed by atoms with van der Waals surface area (Å²) in [7, 11) is -3.64. The molecule has 5 nitrogen and oxygen atoms in total. The lowest BCUT2D eigenvalue weighted by molar-refractivity contribution is -0.0932. The second-order valence-corrected chi connectivity index (χ2v) is 7.98. The van der Waals surface area contributed by atoms with Crippen LogP contribution in [0.25, 0.3) is 0 Å². The Kier molecular flexibility index (Phi) is 3.79. The third-order valence-corrected chi connectivity index (χ3v) is 6.15. The van der Waals surface area contributed by atoms with Crippen LogP contribution in [0.3, 0.4) is 0 Å². The number of hydrogen-bond acceptors (Lipinski definition) is 4. The van der Waals surface area contributed by atoms with Crippen molar-refractivity contribution in [2.24, 2.45) is 5.92 Å². The van der Waals surface area contributed by atoms with Gasteiger partial charge in [0, 0.05) is 13.1 Å². The summed E-state index contributed by atoms with van der Waals surface area (Å²) >= 11 is 5.88. The Labute approximate surface area is 124 Å². The number of halogens is 1. The first-order valence-electron chi connectivity index (χ1n) is 6.36. The molecule has 20 heavy (non-hydrogen) atoms. The van der Waals surface area contributed by atoms with Crippen molar-refractivity contribution < 1.29 is 13.5 Å². The lowest BCUT2D eigenvalue weighted by Gasteiger charge is -2.48. The molecule has 0 bridgehead atoms. The number of benzene rings is 1. The van der Waals surface area contributed by atoms with Crippen LogP contribution in [0.15, 0.2) is 17.0 Å². The summed E-state index contributed by atoms with van der Waals surface area (Å²) in [6.07, 6.45) is 0. The smallest absolute Gasteiger partial charge is 0.243 e. The van der Waals surface area contributed by atoms with Gasteiger partial charge in [0.2, 0.25) is 10.0 Å². The zero-order valence-electron chi connectivity index (χ0n) is 11.7. The van der Waals surface area contributed by atoms with Crippen molar-refractivity contribution in [1.82, 2.24) is 4.31 Å². The number of aryl methyl sites for hydroxylation is 1. The molecular formula is C13H19ClN2O3S. The standard InChI is InChI=1S/C13H19ClN2O3S/c1-8(2)13(17)6-16(7-13)20(18,19)12-5-11(15)10(14)4-9(12)3/h4-5,8,17H,6-7,15H2,1-3H3. The van der Waals surface area contributed by atoms with Crippen molar-refractivity contribution in [2.45, 2.75) is 31.3 Å². The van der Waals surface area contributed by atoms with Crippen LogP contribution >= 0.6 is 11.6 Å². The minimum absolute atomic E-state index is 0.00494. The lowest BCUT2D eigenvalue weighted by Crippen LogP contribution is -2.65. The molecule has 0 spiro atoms. The van der Waals surface area contributed by atoms with E-state index in [0.29, 0.717) is 10.6 Å². The zero-order chi connectivity index (χ0) is 15.3. The average Bonchev–Trinajstić information content (AvgIpc) is 2.29. The van der Waals surface area contributed by atoms with Crippen LogP contribution in [0.4, 0.5) is 5.69 Å². The van der Waals surface area contributed by atoms with E-state index in [-0.39, 0.29) is 29.6 Å². The Bertz CT molecular complexity index is 637. The predicted molar refractivity (Wildman–Crippen MR) is 79.1 cm³/mol. The molecule has 0 aromatic heterocycles. The first kappa shape index (κ1) is 15.6. The number of hydrogen-bond donors (Lipinski definition) is 2. The first-order chi connectivity index (χ1) is 9.08. The fourth-order valence-electron chi connectivity index (χ4n) is 2.19. The van der Waals surface area contributed by atoms with Gasteiger partial charge in [-0.3, -0.25) is 0 Å². The maximum Gasteiger partial charge on any atom is 0.243 e. The topological polar surface area (TPSA) is 83.6 Å². The summed E-state index contributed by atoms with van der Waals surface area (Å²) < 4.78 is 26.3. The largest absolute Gasteiger partial charge is 0.397 e. The molecule has 1 aromatic carbocycles. The van der Waals surface area contributed by atoms with E-state index in [0.717, 1.165) is 0 Å². The second-order valence-electron chi connectivity index (χ2n) is 5.67. The molecule has 1 aliphatic rings. The van der Waals surface area contributed by atoms with Gasteiger partial charge in [-0.05, 0) is 30.5 Å². The molecule has 1 aromatic rings. The summed E-state index contributed by atoms with van der Waals surface area (Å²) in [4.78, 5) is 0.144. The number of nitrogens with two attached hydrogens (primary N) is 1. The Balaban J connectivity index is 2.32. The predicted octanol–water partition coefficient (Wildman–Crippen LogP) is 1.62. The molecule has 0 unspecified atom stereocenters. The van der Waals surface area contributed by atoms with E-state index in [1.807, 2.05) is 13.8 Å². The highest BCUT2D eigenvalue weighted by atomic mass is 35.5. The van der Waals surface area contributed by atoms with E-state index in [9.17, 15) is 13.5 Å². The van der Waals surface area contributed by atoms with Crippen molar-refractivity contribution in [3.63, 3.8) is 0 Å². The molecule has 1 heterocycles. The Morgan fingerprint density at radius 2 is 1.95 bits per heavy atom. The van der Waals surface area contributed by atoms with Crippen LogP contribution in [0.1, 0.15) is 19.4 Å². The molecular weight excluding hydrogens is 300 g/mol. The van der Waals surface area contributed by atoms with E-state index < -0.39 is 15.6 Å². The van der Waals surface area contributed by atoms with Gasteiger partial charge in [0.05, 0.1) is 21.2 Å². The average molecular weight is 319 g/mol. The highest BCUT2D eigenvalue weighted by Gasteiger charge is 2.49. The highest BCUT2D eigenvalue weighted by Crippen LogP contribution is 2.35. The molecule has 0 atom stereocenters. The molecule has 1 fully saturated rings. The van der Waals surface area contributed by atoms with Gasteiger partial charge in [-0.2, -0.15) is 4.31 Å². The van der Waals surface area contributed by atoms with Gasteiger partial charge in [-0.15, -0.1) is 0 Å². The SMILES string of the molecule is Cc1cc(Cl)c(N)cc1S(=O)(=O)N1CC(O)(C(C)C)C1. The number of sulfonamides is 1. The summed E-state index contributed by atoms with van der Waals surface area (Å²) in [5.74, 6) is 0.00494. The Morgan fingerprint density at radius 3 is 2.45 bits per heavy atom. The molecule has 1 aliphatic heterocycles. The van der Waals surface area contributed by atoms with E-state index in [4.69, 9.17) is 17.3 Å². The minimum atomic E-state index is -3.64. The van der Waals surface area contributed by atoms with E-state index >= 15 is 0 Å². The molecule has 1 saturated heterocycles. The van der Waals surface area contributed by atoms with Crippen LogP contribution in [0, 0.1) is 12.8 Å². The Morgan fingerprint density at radius 1 is 1.40 bits per heavy atom. The van der Waals surface area contributed by atoms with Crippen LogP contribution in [-0.4, -0.2) is 36.5 Å². The van der Waals surface area contributed by atoms with Gasteiger partial charge in [-0.1, -0.05) is 25.4 Å². The summed E-state index contributed by atoms with van der Waals surface area (Å²) in [5, 5.41) is 10.5. The van der Waals surface area contributed by atoms with Gasteiger partial charge in [0.1, 0.15) is 0 Å². The van der Waals surface area contributed by atoms with Crippen LogP contribution in [0.2, 0.25) is 5.02 Å². The molecule has 0 saturated carbocycles. The van der Waals surface area contributed by atoms with Crippen molar-refractivity contribution in [2.75, 3.05) is 18.8 Å². The van der Waals surface area contributed by atoms with E-state index in [2.05, 4.69) is 0 Å². The van der Waals surface area contributed by atoms with Crippen LogP contribution in [0.5, 0.6) is 0 Å². The zero-order valence-corrected chi connectivity index (χ0v) is 13.3. The first-order valence-corrected chi connectivity index (χ1v) is 8.18. The monoisotopic (exact) mass is 318 g/mol. The number of rotatable bonds is 3. The van der Waals surface area contributed by atoms with Crippen molar-refractivity contribution in [1.29, 1.82) is 0 Å². The third kappa shape index (κ3) is 2.41. The number of nitrogens with zero attached hydrogens (tertiary/aromatic N) is 1. The van der Waals surface area contributed by atoms with Gasteiger partial charge in [0.25, 0.3) is 0 Å². The van der Waals surface area contributed by atoms with E-state index in [1.165, 1.54) is 16.4 Å². The minimum Gasteiger partial charge on any atom is -0.397 e. The van der Waals surface area contributed by atoms with E-state index in [1.54, 1.807) is 6.92 Å². The van der Waals surface area contributed by atoms with Crippen molar-refractivity contribution in [3.8, 4) is 0 Å². The molecule has 0 amide bonds. The maximum atomic E-state index is 12.5. The summed E-state index contributed by atoms with van der Waals surface area (Å²) in [6.45, 7) is 5.63. The number of anilines is 1. The molecule has 0 aliphatic carbocycles. The van der Waals surface area contributed by atoms with Crippen molar-refractivity contribution in [3.05, 3.63) is 22.7 Å². The molecule has 0 radical (unpaired) electrons. The summed E-state index contributed by atoms with van der Waals surface area (Å²) in [5.41, 5.74) is 5.52. The van der Waals surface area contributed by atoms with Crippen LogP contribution < -0.4 is 5.73 Å². The molecule has 3 N–H and O–H groups in total. The fourth-order valence-corrected chi connectivity index (χ4v) is 4.21. The number of nitrogen functional groups attached to an aromatic ring is 1. The number of β-amino-alcohol motifs (C(OH)–C–C–N with tert-alkyl or cyclic N) is 1. The third-order valence-electron chi connectivity index (χ3n) is 3.89. The molecule has 7 heteroatoms. The van der Waals surface area contributed by atoms with Gasteiger partial charge >= 0.3 is 0 Å². The fraction of sp³-hybridized carbons (Fsp3) is 0.538. The normalized spacial score (nSPS) is 19.1. The maximum absolute atomic E-state index is 12.5. The molecule has 2 rings (SSSR count).